The number of fused-ring (bicyclic) bond motifs is 5. The van der Waals surface area contributed by atoms with Crippen molar-refractivity contribution in [2.45, 2.75) is 0 Å². The smallest absolute Gasteiger partial charge is 0.119 e. The molecule has 4 aromatic carbocycles. The topological polar surface area (TPSA) is 14.2 Å². The SMILES string of the molecule is COc1ccc2c(c1)c1c(-c3ccccc3)cc3ccccc3c1n2C. The molecule has 1 aromatic heterocycles. The standard InChI is InChI=1S/C24H19NO/c1-25-22-13-12-18(26-2)15-21(22)23-20(16-8-4-3-5-9-16)14-17-10-6-7-11-19(17)24(23)25/h3-15H,1-2H3. The number of aromatic nitrogens is 1. The molecule has 0 saturated carbocycles. The lowest BCUT2D eigenvalue weighted by Crippen LogP contribution is -1.89. The lowest BCUT2D eigenvalue weighted by molar-refractivity contribution is 0.415. The van der Waals surface area contributed by atoms with Crippen molar-refractivity contribution in [2.75, 3.05) is 7.11 Å². The summed E-state index contributed by atoms with van der Waals surface area (Å²) in [5.41, 5.74) is 4.98. The van der Waals surface area contributed by atoms with E-state index in [4.69, 9.17) is 4.74 Å². The molecule has 0 amide bonds. The van der Waals surface area contributed by atoms with Crippen LogP contribution in [0.3, 0.4) is 0 Å². The number of benzene rings is 4. The van der Waals surface area contributed by atoms with Gasteiger partial charge < -0.3 is 9.30 Å². The molecule has 0 aliphatic heterocycles. The molecule has 5 rings (SSSR count). The second-order valence-corrected chi connectivity index (χ2v) is 6.68. The molecule has 26 heavy (non-hydrogen) atoms. The van der Waals surface area contributed by atoms with E-state index in [0.717, 1.165) is 5.75 Å². The maximum Gasteiger partial charge on any atom is 0.119 e. The lowest BCUT2D eigenvalue weighted by Gasteiger charge is -2.09. The summed E-state index contributed by atoms with van der Waals surface area (Å²) in [7, 11) is 3.87. The Bertz CT molecular complexity index is 1270. The molecule has 0 aliphatic carbocycles. The highest BCUT2D eigenvalue weighted by molar-refractivity contribution is 6.23. The Morgan fingerprint density at radius 2 is 1.54 bits per heavy atom. The summed E-state index contributed by atoms with van der Waals surface area (Å²) >= 11 is 0. The number of rotatable bonds is 2. The van der Waals surface area contributed by atoms with E-state index in [1.807, 2.05) is 6.07 Å². The van der Waals surface area contributed by atoms with Crippen LogP contribution in [0.5, 0.6) is 5.75 Å². The number of methoxy groups -OCH3 is 1. The number of nitrogens with zero attached hydrogens (tertiary/aromatic N) is 1. The van der Waals surface area contributed by atoms with Crippen LogP contribution >= 0.6 is 0 Å². The summed E-state index contributed by atoms with van der Waals surface area (Å²) in [6.07, 6.45) is 0. The van der Waals surface area contributed by atoms with Crippen LogP contribution in [-0.2, 0) is 7.05 Å². The molecule has 0 saturated heterocycles. The van der Waals surface area contributed by atoms with Gasteiger partial charge in [0.2, 0.25) is 0 Å². The van der Waals surface area contributed by atoms with Gasteiger partial charge in [-0.05, 0) is 40.8 Å². The quantitative estimate of drug-likeness (QED) is 0.376. The minimum Gasteiger partial charge on any atom is -0.497 e. The largest absolute Gasteiger partial charge is 0.497 e. The minimum absolute atomic E-state index is 0.886. The Morgan fingerprint density at radius 1 is 0.769 bits per heavy atom. The third-order valence-corrected chi connectivity index (χ3v) is 5.28. The summed E-state index contributed by atoms with van der Waals surface area (Å²) in [6.45, 7) is 0. The van der Waals surface area contributed by atoms with Crippen LogP contribution in [0.2, 0.25) is 0 Å². The van der Waals surface area contributed by atoms with Gasteiger partial charge in [0.25, 0.3) is 0 Å². The van der Waals surface area contributed by atoms with Gasteiger partial charge in [-0.3, -0.25) is 0 Å². The zero-order valence-corrected chi connectivity index (χ0v) is 14.9. The van der Waals surface area contributed by atoms with Gasteiger partial charge in [0.15, 0.2) is 0 Å². The van der Waals surface area contributed by atoms with E-state index in [2.05, 4.69) is 84.4 Å². The maximum atomic E-state index is 5.50. The summed E-state index contributed by atoms with van der Waals surface area (Å²) in [5, 5.41) is 5.05. The zero-order chi connectivity index (χ0) is 17.7. The minimum atomic E-state index is 0.886. The fourth-order valence-electron chi connectivity index (χ4n) is 4.05. The van der Waals surface area contributed by atoms with Crippen molar-refractivity contribution in [3.63, 3.8) is 0 Å². The second-order valence-electron chi connectivity index (χ2n) is 6.68. The first kappa shape index (κ1) is 15.0. The molecule has 0 bridgehead atoms. The Kier molecular flexibility index (Phi) is 3.26. The van der Waals surface area contributed by atoms with Crippen molar-refractivity contribution in [3.05, 3.63) is 78.9 Å². The molecule has 0 spiro atoms. The number of hydrogen-bond donors (Lipinski definition) is 0. The zero-order valence-electron chi connectivity index (χ0n) is 14.9. The van der Waals surface area contributed by atoms with Gasteiger partial charge in [0.1, 0.15) is 5.75 Å². The van der Waals surface area contributed by atoms with Gasteiger partial charge in [-0.25, -0.2) is 0 Å². The van der Waals surface area contributed by atoms with Gasteiger partial charge in [0, 0.05) is 28.7 Å². The summed E-state index contributed by atoms with van der Waals surface area (Å²) in [6, 6.07) is 27.9. The Morgan fingerprint density at radius 3 is 2.35 bits per heavy atom. The Labute approximate surface area is 152 Å². The summed E-state index contributed by atoms with van der Waals surface area (Å²) in [4.78, 5) is 0. The number of aryl methyl sites for hydroxylation is 1. The third-order valence-electron chi connectivity index (χ3n) is 5.28. The fourth-order valence-corrected chi connectivity index (χ4v) is 4.05. The summed E-state index contributed by atoms with van der Waals surface area (Å²) in [5.74, 6) is 0.886. The average molecular weight is 337 g/mol. The van der Waals surface area contributed by atoms with E-state index in [-0.39, 0.29) is 0 Å². The molecular weight excluding hydrogens is 318 g/mol. The second kappa shape index (κ2) is 5.63. The number of ether oxygens (including phenoxy) is 1. The lowest BCUT2D eigenvalue weighted by atomic mass is 9.95. The Balaban J connectivity index is 2.07. The monoisotopic (exact) mass is 337 g/mol. The molecule has 0 N–H and O–H groups in total. The molecule has 126 valence electrons. The van der Waals surface area contributed by atoms with Crippen LogP contribution in [0.15, 0.2) is 78.9 Å². The van der Waals surface area contributed by atoms with E-state index in [1.54, 1.807) is 7.11 Å². The first-order chi connectivity index (χ1) is 12.8. The molecule has 0 unspecified atom stereocenters. The molecule has 0 fully saturated rings. The van der Waals surface area contributed by atoms with Crippen molar-refractivity contribution in [3.8, 4) is 16.9 Å². The van der Waals surface area contributed by atoms with E-state index >= 15 is 0 Å². The van der Waals surface area contributed by atoms with Crippen LogP contribution in [0.1, 0.15) is 0 Å². The third kappa shape index (κ3) is 2.05. The van der Waals surface area contributed by atoms with Gasteiger partial charge in [-0.15, -0.1) is 0 Å². The highest BCUT2D eigenvalue weighted by atomic mass is 16.5. The molecule has 1 heterocycles. The van der Waals surface area contributed by atoms with Crippen molar-refractivity contribution in [1.82, 2.24) is 4.57 Å². The molecule has 2 nitrogen and oxygen atoms in total. The normalized spacial score (nSPS) is 11.5. The van der Waals surface area contributed by atoms with Crippen LogP contribution < -0.4 is 4.74 Å². The van der Waals surface area contributed by atoms with E-state index in [1.165, 1.54) is 43.7 Å². The van der Waals surface area contributed by atoms with Crippen molar-refractivity contribution >= 4 is 32.6 Å². The molecule has 0 radical (unpaired) electrons. The summed E-state index contributed by atoms with van der Waals surface area (Å²) < 4.78 is 7.81. The van der Waals surface area contributed by atoms with Crippen LogP contribution in [0.25, 0.3) is 43.7 Å². The Hall–Kier alpha value is -3.26. The van der Waals surface area contributed by atoms with Crippen molar-refractivity contribution in [2.24, 2.45) is 7.05 Å². The molecule has 5 aromatic rings. The molecule has 0 atom stereocenters. The van der Waals surface area contributed by atoms with Crippen LogP contribution in [0, 0.1) is 0 Å². The first-order valence-electron chi connectivity index (χ1n) is 8.81. The highest BCUT2D eigenvalue weighted by Gasteiger charge is 2.17. The van der Waals surface area contributed by atoms with Crippen molar-refractivity contribution in [1.29, 1.82) is 0 Å². The van der Waals surface area contributed by atoms with Gasteiger partial charge in [-0.1, -0.05) is 54.6 Å². The van der Waals surface area contributed by atoms with Crippen molar-refractivity contribution < 1.29 is 4.74 Å². The molecule has 0 aliphatic rings. The van der Waals surface area contributed by atoms with Crippen LogP contribution in [-0.4, -0.2) is 11.7 Å². The predicted molar refractivity (Wildman–Crippen MR) is 110 cm³/mol. The van der Waals surface area contributed by atoms with E-state index < -0.39 is 0 Å². The van der Waals surface area contributed by atoms with Gasteiger partial charge >= 0.3 is 0 Å². The van der Waals surface area contributed by atoms with Crippen LogP contribution in [0.4, 0.5) is 0 Å². The highest BCUT2D eigenvalue weighted by Crippen LogP contribution is 2.41. The van der Waals surface area contributed by atoms with Gasteiger partial charge in [-0.2, -0.15) is 0 Å². The first-order valence-corrected chi connectivity index (χ1v) is 8.81. The van der Waals surface area contributed by atoms with E-state index in [9.17, 15) is 0 Å². The molecular formula is C24H19NO. The number of hydrogen-bond acceptors (Lipinski definition) is 1. The van der Waals surface area contributed by atoms with Gasteiger partial charge in [0.05, 0.1) is 12.6 Å². The fraction of sp³-hybridized carbons (Fsp3) is 0.0833. The maximum absolute atomic E-state index is 5.50. The average Bonchev–Trinajstić information content (AvgIpc) is 3.00. The predicted octanol–water partition coefficient (Wildman–Crippen LogP) is 6.16. The molecule has 2 heteroatoms. The van der Waals surface area contributed by atoms with E-state index in [0.29, 0.717) is 0 Å².